The molecule has 1 unspecified atom stereocenters. The number of likely N-dealkylation sites (N-methyl/N-ethyl adjacent to an activating group) is 1. The number of nitrogens with zero attached hydrogens (tertiary/aromatic N) is 1. The number of carbonyl (C=O) groups is 1. The van der Waals surface area contributed by atoms with Crippen molar-refractivity contribution in [2.45, 2.75) is 25.8 Å². The van der Waals surface area contributed by atoms with E-state index in [1.54, 1.807) is 0 Å². The maximum Gasteiger partial charge on any atom is 0.253 e. The first-order valence-electron chi connectivity index (χ1n) is 6.49. The molecule has 1 aromatic carbocycles. The normalized spacial score (nSPS) is 18.9. The molecule has 98 valence electrons. The second kappa shape index (κ2) is 6.34. The van der Waals surface area contributed by atoms with Crippen LogP contribution in [-0.4, -0.2) is 36.5 Å². The van der Waals surface area contributed by atoms with E-state index < -0.39 is 0 Å². The van der Waals surface area contributed by atoms with Crippen LogP contribution >= 0.6 is 15.9 Å². The molecule has 18 heavy (non-hydrogen) atoms. The Hall–Kier alpha value is -0.870. The van der Waals surface area contributed by atoms with Gasteiger partial charge in [-0.25, -0.2) is 0 Å². The molecule has 3 nitrogen and oxygen atoms in total. The molecule has 4 heteroatoms. The SMILES string of the molecule is CCN(CC1CCCN1)C(=O)c1ccc(Br)cc1. The summed E-state index contributed by atoms with van der Waals surface area (Å²) in [5.74, 6) is 0.124. The highest BCUT2D eigenvalue weighted by Gasteiger charge is 2.21. The number of benzene rings is 1. The third-order valence-electron chi connectivity index (χ3n) is 3.36. The summed E-state index contributed by atoms with van der Waals surface area (Å²) in [7, 11) is 0. The highest BCUT2D eigenvalue weighted by atomic mass is 79.9. The van der Waals surface area contributed by atoms with Gasteiger partial charge in [-0.3, -0.25) is 4.79 Å². The number of halogens is 1. The number of hydrogen-bond donors (Lipinski definition) is 1. The van der Waals surface area contributed by atoms with Gasteiger partial charge in [0.2, 0.25) is 0 Å². The fraction of sp³-hybridized carbons (Fsp3) is 0.500. The van der Waals surface area contributed by atoms with Crippen molar-refractivity contribution in [3.8, 4) is 0 Å². The van der Waals surface area contributed by atoms with Crippen LogP contribution in [0.2, 0.25) is 0 Å². The topological polar surface area (TPSA) is 32.3 Å². The molecule has 1 atom stereocenters. The Labute approximate surface area is 117 Å². The molecule has 1 aromatic rings. The lowest BCUT2D eigenvalue weighted by Gasteiger charge is -2.24. The first kappa shape index (κ1) is 13.6. The fourth-order valence-corrected chi connectivity index (χ4v) is 2.57. The van der Waals surface area contributed by atoms with E-state index >= 15 is 0 Å². The molecule has 1 amide bonds. The Kier molecular flexibility index (Phi) is 4.78. The molecule has 1 heterocycles. The first-order valence-corrected chi connectivity index (χ1v) is 7.28. The van der Waals surface area contributed by atoms with Crippen LogP contribution in [-0.2, 0) is 0 Å². The summed E-state index contributed by atoms with van der Waals surface area (Å²) in [6.07, 6.45) is 2.39. The van der Waals surface area contributed by atoms with Crippen molar-refractivity contribution >= 4 is 21.8 Å². The molecule has 0 aromatic heterocycles. The van der Waals surface area contributed by atoms with Crippen LogP contribution in [0, 0.1) is 0 Å². The zero-order chi connectivity index (χ0) is 13.0. The summed E-state index contributed by atoms with van der Waals surface area (Å²) in [5, 5.41) is 3.44. The van der Waals surface area contributed by atoms with E-state index in [1.165, 1.54) is 12.8 Å². The average molecular weight is 311 g/mol. The standard InChI is InChI=1S/C14H19BrN2O/c1-2-17(10-13-4-3-9-16-13)14(18)11-5-7-12(15)8-6-11/h5-8,13,16H,2-4,9-10H2,1H3. The highest BCUT2D eigenvalue weighted by molar-refractivity contribution is 9.10. The van der Waals surface area contributed by atoms with Gasteiger partial charge in [0.25, 0.3) is 5.91 Å². The van der Waals surface area contributed by atoms with Crippen LogP contribution in [0.25, 0.3) is 0 Å². The van der Waals surface area contributed by atoms with Gasteiger partial charge in [0, 0.05) is 29.2 Å². The van der Waals surface area contributed by atoms with Crippen molar-refractivity contribution in [1.29, 1.82) is 0 Å². The summed E-state index contributed by atoms with van der Waals surface area (Å²) in [6, 6.07) is 8.03. The van der Waals surface area contributed by atoms with E-state index in [4.69, 9.17) is 0 Å². The monoisotopic (exact) mass is 310 g/mol. The van der Waals surface area contributed by atoms with Crippen molar-refractivity contribution < 1.29 is 4.79 Å². The van der Waals surface area contributed by atoms with Crippen molar-refractivity contribution in [2.75, 3.05) is 19.6 Å². The van der Waals surface area contributed by atoms with E-state index in [9.17, 15) is 4.79 Å². The van der Waals surface area contributed by atoms with E-state index in [0.29, 0.717) is 6.04 Å². The van der Waals surface area contributed by atoms with Crippen molar-refractivity contribution in [3.05, 3.63) is 34.3 Å². The second-order valence-corrected chi connectivity index (χ2v) is 5.56. The van der Waals surface area contributed by atoms with E-state index in [1.807, 2.05) is 36.1 Å². The first-order chi connectivity index (χ1) is 8.70. The lowest BCUT2D eigenvalue weighted by molar-refractivity contribution is 0.0751. The molecule has 1 N–H and O–H groups in total. The van der Waals surface area contributed by atoms with Crippen LogP contribution in [0.15, 0.2) is 28.7 Å². The van der Waals surface area contributed by atoms with Crippen LogP contribution < -0.4 is 5.32 Å². The van der Waals surface area contributed by atoms with Crippen molar-refractivity contribution in [3.63, 3.8) is 0 Å². The van der Waals surface area contributed by atoms with Gasteiger partial charge in [-0.1, -0.05) is 15.9 Å². The van der Waals surface area contributed by atoms with Gasteiger partial charge in [0.1, 0.15) is 0 Å². The molecule has 0 saturated carbocycles. The van der Waals surface area contributed by atoms with Crippen LogP contribution in [0.3, 0.4) is 0 Å². The molecule has 2 rings (SSSR count). The van der Waals surface area contributed by atoms with E-state index in [2.05, 4.69) is 21.2 Å². The van der Waals surface area contributed by atoms with Gasteiger partial charge in [-0.05, 0) is 50.6 Å². The summed E-state index contributed by atoms with van der Waals surface area (Å²) in [6.45, 7) is 4.68. The van der Waals surface area contributed by atoms with Crippen LogP contribution in [0.1, 0.15) is 30.1 Å². The minimum absolute atomic E-state index is 0.124. The summed E-state index contributed by atoms with van der Waals surface area (Å²) >= 11 is 3.38. The number of amides is 1. The Bertz CT molecular complexity index is 399. The fourth-order valence-electron chi connectivity index (χ4n) is 2.31. The molecule has 0 bridgehead atoms. The van der Waals surface area contributed by atoms with Gasteiger partial charge in [-0.2, -0.15) is 0 Å². The number of rotatable bonds is 4. The average Bonchev–Trinajstić information content (AvgIpc) is 2.89. The maximum absolute atomic E-state index is 12.4. The predicted molar refractivity (Wildman–Crippen MR) is 76.7 cm³/mol. The number of carbonyl (C=O) groups excluding carboxylic acids is 1. The lowest BCUT2D eigenvalue weighted by atomic mass is 10.1. The third kappa shape index (κ3) is 3.33. The molecule has 1 aliphatic heterocycles. The molecular formula is C14H19BrN2O. The minimum atomic E-state index is 0.124. The third-order valence-corrected chi connectivity index (χ3v) is 3.89. The maximum atomic E-state index is 12.4. The van der Waals surface area contributed by atoms with Gasteiger partial charge in [-0.15, -0.1) is 0 Å². The number of nitrogens with one attached hydrogen (secondary N) is 1. The van der Waals surface area contributed by atoms with Gasteiger partial charge >= 0.3 is 0 Å². The van der Waals surface area contributed by atoms with Gasteiger partial charge in [0.15, 0.2) is 0 Å². The van der Waals surface area contributed by atoms with Crippen molar-refractivity contribution in [1.82, 2.24) is 10.2 Å². The lowest BCUT2D eigenvalue weighted by Crippen LogP contribution is -2.41. The largest absolute Gasteiger partial charge is 0.337 e. The Balaban J connectivity index is 2.02. The Morgan fingerprint density at radius 2 is 2.17 bits per heavy atom. The number of hydrogen-bond acceptors (Lipinski definition) is 2. The van der Waals surface area contributed by atoms with Crippen LogP contribution in [0.5, 0.6) is 0 Å². The van der Waals surface area contributed by atoms with Crippen molar-refractivity contribution in [2.24, 2.45) is 0 Å². The van der Waals surface area contributed by atoms with E-state index in [0.717, 1.165) is 29.7 Å². The molecular weight excluding hydrogens is 292 g/mol. The Morgan fingerprint density at radius 1 is 1.44 bits per heavy atom. The molecule has 1 saturated heterocycles. The van der Waals surface area contributed by atoms with E-state index in [-0.39, 0.29) is 5.91 Å². The second-order valence-electron chi connectivity index (χ2n) is 4.64. The molecule has 0 aliphatic carbocycles. The predicted octanol–water partition coefficient (Wildman–Crippen LogP) is 2.66. The molecule has 0 spiro atoms. The molecule has 0 radical (unpaired) electrons. The minimum Gasteiger partial charge on any atom is -0.337 e. The van der Waals surface area contributed by atoms with Gasteiger partial charge in [0.05, 0.1) is 0 Å². The smallest absolute Gasteiger partial charge is 0.253 e. The highest BCUT2D eigenvalue weighted by Crippen LogP contribution is 2.14. The summed E-state index contributed by atoms with van der Waals surface area (Å²) in [4.78, 5) is 14.3. The Morgan fingerprint density at radius 3 is 2.72 bits per heavy atom. The van der Waals surface area contributed by atoms with Gasteiger partial charge < -0.3 is 10.2 Å². The molecule has 1 aliphatic rings. The quantitative estimate of drug-likeness (QED) is 0.927. The summed E-state index contributed by atoms with van der Waals surface area (Å²) in [5.41, 5.74) is 0.762. The zero-order valence-electron chi connectivity index (χ0n) is 10.7. The zero-order valence-corrected chi connectivity index (χ0v) is 12.2. The van der Waals surface area contributed by atoms with Crippen LogP contribution in [0.4, 0.5) is 0 Å². The summed E-state index contributed by atoms with van der Waals surface area (Å²) < 4.78 is 1.000. The molecule has 1 fully saturated rings.